The van der Waals surface area contributed by atoms with Crippen molar-refractivity contribution in [3.8, 4) is 44.5 Å². The normalized spacial score (nSPS) is 12.7. The molecule has 0 atom stereocenters. The van der Waals surface area contributed by atoms with Crippen LogP contribution >= 0.6 is 0 Å². The molecular formula is C50H39N. The number of hydrogen-bond acceptors (Lipinski definition) is 1. The number of benzene rings is 8. The molecule has 1 nitrogen and oxygen atoms in total. The molecule has 51 heavy (non-hydrogen) atoms. The van der Waals surface area contributed by atoms with E-state index < -0.39 is 5.41 Å². The highest BCUT2D eigenvalue weighted by Crippen LogP contribution is 2.64. The summed E-state index contributed by atoms with van der Waals surface area (Å²) in [6.45, 7) is 0. The summed E-state index contributed by atoms with van der Waals surface area (Å²) in [6.07, 6.45) is 0. The minimum absolute atomic E-state index is 0. The van der Waals surface area contributed by atoms with Gasteiger partial charge in [-0.1, -0.05) is 177 Å². The van der Waals surface area contributed by atoms with Gasteiger partial charge in [-0.15, -0.1) is 0 Å². The van der Waals surface area contributed by atoms with E-state index in [2.05, 4.69) is 205 Å². The SMILES string of the molecule is C.[HH].c1ccc(-c2ccc(N(c3ccc(-c4ccccc4)cc3)c3cccc4c3-c3ccccc3C43c4ccccc4-c4ccccc43)cc2)cc1. The van der Waals surface area contributed by atoms with Gasteiger partial charge in [0.05, 0.1) is 11.1 Å². The van der Waals surface area contributed by atoms with Crippen molar-refractivity contribution in [2.45, 2.75) is 12.8 Å². The predicted octanol–water partition coefficient (Wildman–Crippen LogP) is 13.7. The number of rotatable bonds is 5. The zero-order chi connectivity index (χ0) is 33.1. The Labute approximate surface area is 302 Å². The predicted molar refractivity (Wildman–Crippen MR) is 217 cm³/mol. The van der Waals surface area contributed by atoms with Crippen LogP contribution in [0.4, 0.5) is 17.1 Å². The minimum Gasteiger partial charge on any atom is -0.310 e. The van der Waals surface area contributed by atoms with E-state index in [0.29, 0.717) is 0 Å². The first-order chi connectivity index (χ1) is 24.8. The van der Waals surface area contributed by atoms with Crippen molar-refractivity contribution in [2.24, 2.45) is 0 Å². The van der Waals surface area contributed by atoms with Gasteiger partial charge in [-0.3, -0.25) is 0 Å². The van der Waals surface area contributed by atoms with Crippen molar-refractivity contribution in [1.29, 1.82) is 0 Å². The van der Waals surface area contributed by atoms with E-state index in [0.717, 1.165) is 11.4 Å². The average Bonchev–Trinajstić information content (AvgIpc) is 3.67. The lowest BCUT2D eigenvalue weighted by atomic mass is 9.70. The maximum Gasteiger partial charge on any atom is 0.0726 e. The van der Waals surface area contributed by atoms with Crippen molar-refractivity contribution in [3.63, 3.8) is 0 Å². The first-order valence-corrected chi connectivity index (χ1v) is 17.4. The van der Waals surface area contributed by atoms with Crippen LogP contribution in [0.2, 0.25) is 0 Å². The summed E-state index contributed by atoms with van der Waals surface area (Å²) in [5.74, 6) is 0. The molecule has 244 valence electrons. The molecule has 0 bridgehead atoms. The minimum atomic E-state index is -0.394. The monoisotopic (exact) mass is 653 g/mol. The first kappa shape index (κ1) is 30.6. The second-order valence-corrected chi connectivity index (χ2v) is 13.2. The maximum atomic E-state index is 2.45. The van der Waals surface area contributed by atoms with Crippen molar-refractivity contribution >= 4 is 17.1 Å². The fourth-order valence-corrected chi connectivity index (χ4v) is 8.60. The molecule has 0 unspecified atom stereocenters. The van der Waals surface area contributed by atoms with Crippen LogP contribution < -0.4 is 4.90 Å². The lowest BCUT2D eigenvalue weighted by Crippen LogP contribution is -2.26. The van der Waals surface area contributed by atoms with Gasteiger partial charge in [-0.05, 0) is 91.5 Å². The van der Waals surface area contributed by atoms with E-state index in [1.54, 1.807) is 0 Å². The molecule has 0 N–H and O–H groups in total. The zero-order valence-corrected chi connectivity index (χ0v) is 27.5. The van der Waals surface area contributed by atoms with E-state index in [-0.39, 0.29) is 8.85 Å². The molecule has 0 saturated carbocycles. The Bertz CT molecular complexity index is 2390. The van der Waals surface area contributed by atoms with E-state index in [1.807, 2.05) is 0 Å². The Morgan fingerprint density at radius 1 is 0.314 bits per heavy atom. The zero-order valence-electron chi connectivity index (χ0n) is 27.5. The van der Waals surface area contributed by atoms with Crippen LogP contribution in [0.1, 0.15) is 31.1 Å². The Kier molecular flexibility index (Phi) is 7.30. The number of anilines is 3. The lowest BCUT2D eigenvalue weighted by Gasteiger charge is -2.32. The van der Waals surface area contributed by atoms with Gasteiger partial charge in [-0.2, -0.15) is 0 Å². The number of fused-ring (bicyclic) bond motifs is 10. The van der Waals surface area contributed by atoms with Crippen LogP contribution in [0.5, 0.6) is 0 Å². The van der Waals surface area contributed by atoms with Crippen molar-refractivity contribution in [3.05, 3.63) is 222 Å². The molecule has 0 aliphatic heterocycles. The molecule has 8 aromatic rings. The van der Waals surface area contributed by atoms with Gasteiger partial charge in [0.1, 0.15) is 0 Å². The van der Waals surface area contributed by atoms with Crippen molar-refractivity contribution in [1.82, 2.24) is 0 Å². The van der Waals surface area contributed by atoms with Gasteiger partial charge in [0.25, 0.3) is 0 Å². The van der Waals surface area contributed by atoms with E-state index >= 15 is 0 Å². The fraction of sp³-hybridized carbons (Fsp3) is 0.0400. The lowest BCUT2D eigenvalue weighted by molar-refractivity contribution is 0.794. The molecule has 0 fully saturated rings. The third-order valence-electron chi connectivity index (χ3n) is 10.7. The van der Waals surface area contributed by atoms with Crippen LogP contribution in [0.25, 0.3) is 44.5 Å². The second kappa shape index (κ2) is 12.2. The van der Waals surface area contributed by atoms with Gasteiger partial charge < -0.3 is 4.90 Å². The Balaban J connectivity index is 0.00000193. The molecular weight excluding hydrogens is 615 g/mol. The average molecular weight is 654 g/mol. The quantitative estimate of drug-likeness (QED) is 0.179. The summed E-state index contributed by atoms with van der Waals surface area (Å²) in [7, 11) is 0. The summed E-state index contributed by atoms with van der Waals surface area (Å²) in [5, 5.41) is 0. The Morgan fingerprint density at radius 3 is 1.18 bits per heavy atom. The molecule has 0 heterocycles. The fourth-order valence-electron chi connectivity index (χ4n) is 8.60. The van der Waals surface area contributed by atoms with Gasteiger partial charge in [0, 0.05) is 18.4 Å². The van der Waals surface area contributed by atoms with Crippen LogP contribution in [0.15, 0.2) is 200 Å². The Morgan fingerprint density at radius 2 is 0.686 bits per heavy atom. The first-order valence-electron chi connectivity index (χ1n) is 17.4. The smallest absolute Gasteiger partial charge is 0.0726 e. The highest BCUT2D eigenvalue weighted by Gasteiger charge is 2.52. The number of hydrogen-bond donors (Lipinski definition) is 0. The molecule has 2 aliphatic carbocycles. The molecule has 1 spiro atoms. The molecule has 0 radical (unpaired) electrons. The summed E-state index contributed by atoms with van der Waals surface area (Å²) >= 11 is 0. The third-order valence-corrected chi connectivity index (χ3v) is 10.7. The summed E-state index contributed by atoms with van der Waals surface area (Å²) in [5.41, 5.74) is 18.5. The Hall–Kier alpha value is -6.44. The second-order valence-electron chi connectivity index (χ2n) is 13.2. The summed E-state index contributed by atoms with van der Waals surface area (Å²) in [6, 6.07) is 73.3. The van der Waals surface area contributed by atoms with Crippen molar-refractivity contribution < 1.29 is 1.43 Å². The highest BCUT2D eigenvalue weighted by atomic mass is 15.1. The van der Waals surface area contributed by atoms with Gasteiger partial charge in [-0.25, -0.2) is 0 Å². The highest BCUT2D eigenvalue weighted by molar-refractivity contribution is 6.01. The van der Waals surface area contributed by atoms with Crippen molar-refractivity contribution in [2.75, 3.05) is 4.90 Å². The van der Waals surface area contributed by atoms with Crippen LogP contribution in [-0.4, -0.2) is 0 Å². The summed E-state index contributed by atoms with van der Waals surface area (Å²) in [4.78, 5) is 2.45. The van der Waals surface area contributed by atoms with E-state index in [1.165, 1.54) is 72.4 Å². The van der Waals surface area contributed by atoms with Gasteiger partial charge in [0.15, 0.2) is 0 Å². The van der Waals surface area contributed by atoms with E-state index in [9.17, 15) is 0 Å². The third kappa shape index (κ3) is 4.55. The largest absolute Gasteiger partial charge is 0.310 e. The molecule has 10 rings (SSSR count). The maximum absolute atomic E-state index is 2.45. The molecule has 0 saturated heterocycles. The van der Waals surface area contributed by atoms with Crippen LogP contribution in [0, 0.1) is 0 Å². The van der Waals surface area contributed by atoms with Gasteiger partial charge in [0.2, 0.25) is 0 Å². The standard InChI is InChI=1S/C49H33N.CH4.H2/c1-3-14-34(15-4-1)36-26-30-38(31-27-36)50(39-32-28-37(29-33-39)35-16-5-2-6-17-35)47-25-13-24-46-48(47)42-20-9-12-23-45(42)49(46)43-21-10-7-18-40(43)41-19-8-11-22-44(41)49;;/h1-33H;1H4;1H. The van der Waals surface area contributed by atoms with Gasteiger partial charge >= 0.3 is 0 Å². The molecule has 0 aromatic heterocycles. The topological polar surface area (TPSA) is 3.24 Å². The molecule has 8 aromatic carbocycles. The van der Waals surface area contributed by atoms with Crippen LogP contribution in [-0.2, 0) is 5.41 Å². The van der Waals surface area contributed by atoms with E-state index in [4.69, 9.17) is 0 Å². The molecule has 2 aliphatic rings. The van der Waals surface area contributed by atoms with Crippen LogP contribution in [0.3, 0.4) is 0 Å². The number of nitrogens with zero attached hydrogens (tertiary/aromatic N) is 1. The molecule has 0 amide bonds. The summed E-state index contributed by atoms with van der Waals surface area (Å²) < 4.78 is 0. The molecule has 1 heteroatoms.